The number of nitrogens with zero attached hydrogens (tertiary/aromatic N) is 3. The first kappa shape index (κ1) is 14.5. The number of hydrogen-bond acceptors (Lipinski definition) is 5. The molecule has 2 aromatic heterocycles. The van der Waals surface area contributed by atoms with Crippen LogP contribution in [0.1, 0.15) is 23.4 Å². The number of nitrogens with one attached hydrogen (secondary N) is 1. The number of piperidine rings is 1. The minimum atomic E-state index is 0.703. The monoisotopic (exact) mass is 302 g/mol. The van der Waals surface area contributed by atoms with Gasteiger partial charge in [-0.1, -0.05) is 6.07 Å². The molecule has 0 radical (unpaired) electrons. The molecule has 0 saturated carbocycles. The Morgan fingerprint density at radius 3 is 3.19 bits per heavy atom. The summed E-state index contributed by atoms with van der Waals surface area (Å²) in [5.74, 6) is 1.65. The van der Waals surface area contributed by atoms with Gasteiger partial charge in [0, 0.05) is 36.3 Å². The first-order chi connectivity index (χ1) is 10.3. The summed E-state index contributed by atoms with van der Waals surface area (Å²) in [7, 11) is 0. The van der Waals surface area contributed by atoms with E-state index in [1.807, 2.05) is 24.3 Å². The van der Waals surface area contributed by atoms with Gasteiger partial charge in [-0.25, -0.2) is 9.97 Å². The summed E-state index contributed by atoms with van der Waals surface area (Å²) in [6, 6.07) is 6.38. The van der Waals surface area contributed by atoms with Gasteiger partial charge >= 0.3 is 0 Å². The van der Waals surface area contributed by atoms with Crippen LogP contribution in [-0.2, 0) is 6.54 Å². The maximum Gasteiger partial charge on any atom is 0.129 e. The third-order valence-corrected chi connectivity index (χ3v) is 4.80. The van der Waals surface area contributed by atoms with Crippen LogP contribution in [0.15, 0.2) is 29.9 Å². The second-order valence-corrected chi connectivity index (χ2v) is 6.78. The van der Waals surface area contributed by atoms with Gasteiger partial charge < -0.3 is 5.32 Å². The zero-order valence-electron chi connectivity index (χ0n) is 12.5. The van der Waals surface area contributed by atoms with Crippen molar-refractivity contribution in [3.63, 3.8) is 0 Å². The molecule has 21 heavy (non-hydrogen) atoms. The molecule has 0 aromatic carbocycles. The Balaban J connectivity index is 1.49. The quantitative estimate of drug-likeness (QED) is 0.921. The lowest BCUT2D eigenvalue weighted by Crippen LogP contribution is -2.37. The highest BCUT2D eigenvalue weighted by atomic mass is 32.1. The number of hydrogen-bond donors (Lipinski definition) is 1. The highest BCUT2D eigenvalue weighted by Gasteiger charge is 2.20. The molecule has 3 rings (SSSR count). The lowest BCUT2D eigenvalue weighted by Gasteiger charge is -2.32. The van der Waals surface area contributed by atoms with Crippen molar-refractivity contribution < 1.29 is 0 Å². The Hall–Kier alpha value is -1.46. The molecule has 1 atom stereocenters. The van der Waals surface area contributed by atoms with Gasteiger partial charge in [-0.05, 0) is 43.7 Å². The largest absolute Gasteiger partial charge is 0.370 e. The summed E-state index contributed by atoms with van der Waals surface area (Å²) >= 11 is 1.86. The van der Waals surface area contributed by atoms with Crippen molar-refractivity contribution in [1.29, 1.82) is 0 Å². The van der Waals surface area contributed by atoms with E-state index in [0.29, 0.717) is 5.92 Å². The SMILES string of the molecule is Cc1cc(NCC2CCCN(Cc3cccs3)C2)ncn1. The van der Waals surface area contributed by atoms with E-state index in [2.05, 4.69) is 37.7 Å². The van der Waals surface area contributed by atoms with Gasteiger partial charge in [0.05, 0.1) is 0 Å². The fourth-order valence-electron chi connectivity index (χ4n) is 2.88. The van der Waals surface area contributed by atoms with Crippen molar-refractivity contribution >= 4 is 17.2 Å². The van der Waals surface area contributed by atoms with Gasteiger partial charge in [-0.2, -0.15) is 0 Å². The van der Waals surface area contributed by atoms with Crippen molar-refractivity contribution in [2.75, 3.05) is 25.0 Å². The fourth-order valence-corrected chi connectivity index (χ4v) is 3.63. The Morgan fingerprint density at radius 1 is 1.43 bits per heavy atom. The number of aryl methyl sites for hydroxylation is 1. The number of aromatic nitrogens is 2. The van der Waals surface area contributed by atoms with Gasteiger partial charge in [-0.15, -0.1) is 11.3 Å². The normalized spacial score (nSPS) is 19.6. The zero-order chi connectivity index (χ0) is 14.5. The Labute approximate surface area is 130 Å². The molecule has 1 aliphatic heterocycles. The first-order valence-electron chi connectivity index (χ1n) is 7.57. The zero-order valence-corrected chi connectivity index (χ0v) is 13.3. The maximum atomic E-state index is 4.27. The number of likely N-dealkylation sites (tertiary alicyclic amines) is 1. The Morgan fingerprint density at radius 2 is 2.38 bits per heavy atom. The molecule has 1 aliphatic rings. The highest BCUT2D eigenvalue weighted by molar-refractivity contribution is 7.09. The number of thiophene rings is 1. The summed E-state index contributed by atoms with van der Waals surface area (Å²) in [6.07, 6.45) is 4.22. The van der Waals surface area contributed by atoms with E-state index in [9.17, 15) is 0 Å². The van der Waals surface area contributed by atoms with E-state index in [4.69, 9.17) is 0 Å². The molecular formula is C16H22N4S. The van der Waals surface area contributed by atoms with Gasteiger partial charge in [0.2, 0.25) is 0 Å². The minimum Gasteiger partial charge on any atom is -0.370 e. The average molecular weight is 302 g/mol. The lowest BCUT2D eigenvalue weighted by atomic mass is 9.98. The molecule has 1 fully saturated rings. The third kappa shape index (κ3) is 4.25. The van der Waals surface area contributed by atoms with E-state index < -0.39 is 0 Å². The van der Waals surface area contributed by atoms with E-state index in [-0.39, 0.29) is 0 Å². The molecule has 1 unspecified atom stereocenters. The lowest BCUT2D eigenvalue weighted by molar-refractivity contribution is 0.174. The summed E-state index contributed by atoms with van der Waals surface area (Å²) < 4.78 is 0. The second kappa shape index (κ2) is 7.00. The van der Waals surface area contributed by atoms with Crippen LogP contribution in [0.5, 0.6) is 0 Å². The average Bonchev–Trinajstić information content (AvgIpc) is 2.99. The summed E-state index contributed by atoms with van der Waals surface area (Å²) in [5.41, 5.74) is 1.01. The van der Waals surface area contributed by atoms with Crippen LogP contribution < -0.4 is 5.32 Å². The molecule has 112 valence electrons. The summed E-state index contributed by atoms with van der Waals surface area (Å²) in [6.45, 7) is 6.49. The van der Waals surface area contributed by atoms with Gasteiger partial charge in [0.1, 0.15) is 12.1 Å². The van der Waals surface area contributed by atoms with Crippen LogP contribution in [0.25, 0.3) is 0 Å². The predicted octanol–water partition coefficient (Wildman–Crippen LogP) is 3.17. The van der Waals surface area contributed by atoms with Crippen LogP contribution in [0.3, 0.4) is 0 Å². The smallest absolute Gasteiger partial charge is 0.129 e. The van der Waals surface area contributed by atoms with Crippen LogP contribution in [0.2, 0.25) is 0 Å². The standard InChI is InChI=1S/C16H22N4S/c1-13-8-16(19-12-18-13)17-9-14-4-2-6-20(10-14)11-15-5-3-7-21-15/h3,5,7-8,12,14H,2,4,6,9-11H2,1H3,(H,17,18,19). The molecular weight excluding hydrogens is 280 g/mol. The summed E-state index contributed by atoms with van der Waals surface area (Å²) in [4.78, 5) is 12.4. The number of rotatable bonds is 5. The van der Waals surface area contributed by atoms with Crippen LogP contribution >= 0.6 is 11.3 Å². The van der Waals surface area contributed by atoms with Gasteiger partial charge in [0.15, 0.2) is 0 Å². The first-order valence-corrected chi connectivity index (χ1v) is 8.45. The molecule has 0 bridgehead atoms. The van der Waals surface area contributed by atoms with Crippen molar-refractivity contribution in [2.45, 2.75) is 26.3 Å². The van der Waals surface area contributed by atoms with Crippen molar-refractivity contribution in [1.82, 2.24) is 14.9 Å². The molecule has 1 saturated heterocycles. The molecule has 0 spiro atoms. The molecule has 3 heterocycles. The fraction of sp³-hybridized carbons (Fsp3) is 0.500. The van der Waals surface area contributed by atoms with Crippen LogP contribution in [-0.4, -0.2) is 34.5 Å². The molecule has 2 aromatic rings. The topological polar surface area (TPSA) is 41.0 Å². The van der Waals surface area contributed by atoms with Gasteiger partial charge in [-0.3, -0.25) is 4.90 Å². The highest BCUT2D eigenvalue weighted by Crippen LogP contribution is 2.20. The van der Waals surface area contributed by atoms with E-state index in [1.54, 1.807) is 6.33 Å². The van der Waals surface area contributed by atoms with Gasteiger partial charge in [0.25, 0.3) is 0 Å². The Bertz CT molecular complexity index is 555. The van der Waals surface area contributed by atoms with Crippen molar-refractivity contribution in [2.24, 2.45) is 5.92 Å². The molecule has 0 amide bonds. The third-order valence-electron chi connectivity index (χ3n) is 3.94. The summed E-state index contributed by atoms with van der Waals surface area (Å²) in [5, 5.41) is 5.62. The van der Waals surface area contributed by atoms with E-state index in [0.717, 1.165) is 24.6 Å². The van der Waals surface area contributed by atoms with E-state index in [1.165, 1.54) is 30.8 Å². The predicted molar refractivity (Wildman–Crippen MR) is 87.6 cm³/mol. The Kier molecular flexibility index (Phi) is 4.83. The van der Waals surface area contributed by atoms with Crippen molar-refractivity contribution in [3.8, 4) is 0 Å². The molecule has 5 heteroatoms. The van der Waals surface area contributed by atoms with Crippen LogP contribution in [0, 0.1) is 12.8 Å². The van der Waals surface area contributed by atoms with Crippen molar-refractivity contribution in [3.05, 3.63) is 40.5 Å². The van der Waals surface area contributed by atoms with E-state index >= 15 is 0 Å². The molecule has 4 nitrogen and oxygen atoms in total. The van der Waals surface area contributed by atoms with Crippen LogP contribution in [0.4, 0.5) is 5.82 Å². The second-order valence-electron chi connectivity index (χ2n) is 5.75. The number of anilines is 1. The maximum absolute atomic E-state index is 4.27. The minimum absolute atomic E-state index is 0.703. The molecule has 0 aliphatic carbocycles. The molecule has 1 N–H and O–H groups in total.